The number of benzene rings is 1. The van der Waals surface area contributed by atoms with E-state index in [2.05, 4.69) is 39.7 Å². The monoisotopic (exact) mass is 338 g/mol. The van der Waals surface area contributed by atoms with E-state index in [0.29, 0.717) is 5.92 Å². The first kappa shape index (κ1) is 16.3. The van der Waals surface area contributed by atoms with Gasteiger partial charge in [0, 0.05) is 31.5 Å². The summed E-state index contributed by atoms with van der Waals surface area (Å²) in [5.74, 6) is 0.752. The van der Waals surface area contributed by atoms with E-state index >= 15 is 0 Å². The number of aromatic nitrogens is 2. The molecule has 3 heterocycles. The molecule has 1 atom stereocenters. The van der Waals surface area contributed by atoms with Crippen molar-refractivity contribution in [2.75, 3.05) is 18.4 Å². The lowest BCUT2D eigenvalue weighted by Crippen LogP contribution is -2.49. The molecule has 0 aliphatic carbocycles. The molecule has 25 heavy (non-hydrogen) atoms. The molecule has 0 saturated carbocycles. The number of hydrogen-bond acceptors (Lipinski definition) is 3. The number of imidazole rings is 1. The molecule has 1 aromatic carbocycles. The summed E-state index contributed by atoms with van der Waals surface area (Å²) in [6, 6.07) is 8.15. The van der Waals surface area contributed by atoms with Gasteiger partial charge < -0.3 is 9.88 Å². The number of para-hydroxylation sites is 1. The predicted molar refractivity (Wildman–Crippen MR) is 98.3 cm³/mol. The number of nitrogens with one attached hydrogen (secondary N) is 1. The Labute approximate surface area is 149 Å². The van der Waals surface area contributed by atoms with Crippen molar-refractivity contribution < 1.29 is 4.79 Å². The van der Waals surface area contributed by atoms with Crippen molar-refractivity contribution in [1.29, 1.82) is 0 Å². The summed E-state index contributed by atoms with van der Waals surface area (Å²) in [5, 5.41) is 3.09. The summed E-state index contributed by atoms with van der Waals surface area (Å²) >= 11 is 0. The highest BCUT2D eigenvalue weighted by Crippen LogP contribution is 2.43. The molecule has 2 aromatic rings. The first-order valence-electron chi connectivity index (χ1n) is 9.21. The summed E-state index contributed by atoms with van der Waals surface area (Å²) < 4.78 is 2.24. The fraction of sp³-hybridized carbons (Fsp3) is 0.500. The zero-order valence-electron chi connectivity index (χ0n) is 15.0. The second kappa shape index (κ2) is 6.30. The Balaban J connectivity index is 1.56. The maximum atomic E-state index is 12.8. The zero-order chi connectivity index (χ0) is 17.4. The van der Waals surface area contributed by atoms with Crippen molar-refractivity contribution in [3.63, 3.8) is 0 Å². The molecule has 5 heteroatoms. The van der Waals surface area contributed by atoms with E-state index in [0.717, 1.165) is 44.7 Å². The lowest BCUT2D eigenvalue weighted by molar-refractivity contribution is -0.123. The second-order valence-corrected chi connectivity index (χ2v) is 7.83. The molecule has 2 aliphatic rings. The minimum absolute atomic E-state index is 0.161. The third kappa shape index (κ3) is 2.86. The van der Waals surface area contributed by atoms with Gasteiger partial charge in [0.25, 0.3) is 0 Å². The van der Waals surface area contributed by atoms with Crippen LogP contribution in [0.1, 0.15) is 37.9 Å². The third-order valence-corrected chi connectivity index (χ3v) is 5.44. The highest BCUT2D eigenvalue weighted by Gasteiger charge is 2.48. The SMILES string of the molecule is CC(C)Cn1cncc1CN1CCC[C@]2(C1)C(=O)Nc1ccccc12. The van der Waals surface area contributed by atoms with Crippen molar-refractivity contribution in [2.24, 2.45) is 5.92 Å². The number of likely N-dealkylation sites (tertiary alicyclic amines) is 1. The maximum absolute atomic E-state index is 12.8. The highest BCUT2D eigenvalue weighted by molar-refractivity contribution is 6.06. The number of piperidine rings is 1. The molecule has 1 fully saturated rings. The summed E-state index contributed by atoms with van der Waals surface area (Å²) in [6.07, 6.45) is 5.86. The maximum Gasteiger partial charge on any atom is 0.236 e. The molecule has 1 saturated heterocycles. The molecule has 132 valence electrons. The Hall–Kier alpha value is -2.14. The van der Waals surface area contributed by atoms with Crippen LogP contribution < -0.4 is 5.32 Å². The second-order valence-electron chi connectivity index (χ2n) is 7.83. The van der Waals surface area contributed by atoms with Crippen molar-refractivity contribution in [3.05, 3.63) is 48.0 Å². The molecule has 2 aliphatic heterocycles. The van der Waals surface area contributed by atoms with Crippen LogP contribution in [-0.4, -0.2) is 33.4 Å². The van der Waals surface area contributed by atoms with Crippen LogP contribution >= 0.6 is 0 Å². The molecule has 1 N–H and O–H groups in total. The third-order valence-electron chi connectivity index (χ3n) is 5.44. The van der Waals surface area contributed by atoms with Crippen LogP contribution in [0, 0.1) is 5.92 Å². The quantitative estimate of drug-likeness (QED) is 0.932. The van der Waals surface area contributed by atoms with Crippen LogP contribution in [0.3, 0.4) is 0 Å². The zero-order valence-corrected chi connectivity index (χ0v) is 15.0. The van der Waals surface area contributed by atoms with Crippen molar-refractivity contribution in [1.82, 2.24) is 14.5 Å². The molecule has 5 nitrogen and oxygen atoms in total. The van der Waals surface area contributed by atoms with E-state index in [4.69, 9.17) is 0 Å². The van der Waals surface area contributed by atoms with Gasteiger partial charge >= 0.3 is 0 Å². The van der Waals surface area contributed by atoms with Crippen LogP contribution in [0.5, 0.6) is 0 Å². The fourth-order valence-corrected chi connectivity index (χ4v) is 4.32. The van der Waals surface area contributed by atoms with Crippen LogP contribution in [0.25, 0.3) is 0 Å². The number of fused-ring (bicyclic) bond motifs is 2. The molecular weight excluding hydrogens is 312 g/mol. The van der Waals surface area contributed by atoms with E-state index in [-0.39, 0.29) is 5.91 Å². The van der Waals surface area contributed by atoms with Gasteiger partial charge in [-0.15, -0.1) is 0 Å². The molecule has 1 spiro atoms. The number of carbonyl (C=O) groups is 1. The molecule has 4 rings (SSSR count). The van der Waals surface area contributed by atoms with E-state index in [1.165, 1.54) is 11.3 Å². The van der Waals surface area contributed by atoms with E-state index in [1.807, 2.05) is 30.7 Å². The van der Waals surface area contributed by atoms with Gasteiger partial charge in [-0.25, -0.2) is 4.98 Å². The van der Waals surface area contributed by atoms with Gasteiger partial charge in [0.2, 0.25) is 5.91 Å². The van der Waals surface area contributed by atoms with Crippen LogP contribution in [0.4, 0.5) is 5.69 Å². The molecule has 0 radical (unpaired) electrons. The first-order valence-corrected chi connectivity index (χ1v) is 9.21. The van der Waals surface area contributed by atoms with Crippen molar-refractivity contribution >= 4 is 11.6 Å². The van der Waals surface area contributed by atoms with Gasteiger partial charge in [0.1, 0.15) is 0 Å². The summed E-state index contributed by atoms with van der Waals surface area (Å²) in [7, 11) is 0. The average molecular weight is 338 g/mol. The Morgan fingerprint density at radius 3 is 3.00 bits per heavy atom. The smallest absolute Gasteiger partial charge is 0.236 e. The van der Waals surface area contributed by atoms with Gasteiger partial charge in [0.05, 0.1) is 17.4 Å². The van der Waals surface area contributed by atoms with E-state index in [1.54, 1.807) is 0 Å². The molecule has 0 bridgehead atoms. The van der Waals surface area contributed by atoms with Crippen molar-refractivity contribution in [3.8, 4) is 0 Å². The normalized spacial score (nSPS) is 23.2. The predicted octanol–water partition coefficient (Wildman–Crippen LogP) is 3.03. The summed E-state index contributed by atoms with van der Waals surface area (Å²) in [5.41, 5.74) is 3.00. The van der Waals surface area contributed by atoms with Gasteiger partial charge in [-0.05, 0) is 36.9 Å². The Kier molecular flexibility index (Phi) is 4.12. The molecule has 0 unspecified atom stereocenters. The highest BCUT2D eigenvalue weighted by atomic mass is 16.2. The number of rotatable bonds is 4. The minimum atomic E-state index is -0.391. The van der Waals surface area contributed by atoms with Gasteiger partial charge in [-0.3, -0.25) is 9.69 Å². The molecular formula is C20H26N4O. The number of hydrogen-bond donors (Lipinski definition) is 1. The largest absolute Gasteiger partial charge is 0.333 e. The summed E-state index contributed by atoms with van der Waals surface area (Å²) in [6.45, 7) is 8.09. The number of amides is 1. The van der Waals surface area contributed by atoms with Gasteiger partial charge in [-0.2, -0.15) is 0 Å². The number of anilines is 1. The topological polar surface area (TPSA) is 50.2 Å². The van der Waals surface area contributed by atoms with Crippen LogP contribution in [0.15, 0.2) is 36.8 Å². The minimum Gasteiger partial charge on any atom is -0.333 e. The van der Waals surface area contributed by atoms with Gasteiger partial charge in [0.15, 0.2) is 0 Å². The lowest BCUT2D eigenvalue weighted by atomic mass is 9.75. The number of carbonyl (C=O) groups excluding carboxylic acids is 1. The Morgan fingerprint density at radius 1 is 1.32 bits per heavy atom. The first-order chi connectivity index (χ1) is 12.1. The van der Waals surface area contributed by atoms with Crippen LogP contribution in [-0.2, 0) is 23.3 Å². The van der Waals surface area contributed by atoms with E-state index in [9.17, 15) is 4.79 Å². The van der Waals surface area contributed by atoms with Gasteiger partial charge in [-0.1, -0.05) is 32.0 Å². The number of nitrogens with zero attached hydrogens (tertiary/aromatic N) is 3. The van der Waals surface area contributed by atoms with Crippen molar-refractivity contribution in [2.45, 2.75) is 45.2 Å². The average Bonchev–Trinajstić information content (AvgIpc) is 3.11. The van der Waals surface area contributed by atoms with Crippen LogP contribution in [0.2, 0.25) is 0 Å². The standard InChI is InChI=1S/C20H26N4O/c1-15(2)11-24-14-21-10-16(24)12-23-9-5-8-20(13-23)17-6-3-4-7-18(17)22-19(20)25/h3-4,6-7,10,14-15H,5,8-9,11-13H2,1-2H3,(H,22,25)/t20-/m1/s1. The molecule has 1 amide bonds. The lowest BCUT2D eigenvalue weighted by Gasteiger charge is -2.39. The molecule has 1 aromatic heterocycles. The summed E-state index contributed by atoms with van der Waals surface area (Å²) in [4.78, 5) is 19.6. The van der Waals surface area contributed by atoms with E-state index < -0.39 is 5.41 Å². The Bertz CT molecular complexity index is 782. The fourth-order valence-electron chi connectivity index (χ4n) is 4.32. The Morgan fingerprint density at radius 2 is 2.16 bits per heavy atom.